The second-order valence-electron chi connectivity index (χ2n) is 11.0. The Labute approximate surface area is 226 Å². The zero-order valence-electron chi connectivity index (χ0n) is 22.3. The van der Waals surface area contributed by atoms with Crippen molar-refractivity contribution in [2.45, 2.75) is 96.0 Å². The van der Waals surface area contributed by atoms with E-state index >= 15 is 0 Å². The molecular formula is C28H36F3N5O3. The highest BCUT2D eigenvalue weighted by Gasteiger charge is 2.36. The molecule has 2 aromatic rings. The molecule has 212 valence electrons. The van der Waals surface area contributed by atoms with Crippen LogP contribution < -0.4 is 10.1 Å². The van der Waals surface area contributed by atoms with Crippen molar-refractivity contribution in [2.75, 3.05) is 13.1 Å². The second kappa shape index (κ2) is 11.6. The van der Waals surface area contributed by atoms with Crippen LogP contribution in [0, 0.1) is 5.92 Å². The van der Waals surface area contributed by atoms with Crippen LogP contribution >= 0.6 is 0 Å². The van der Waals surface area contributed by atoms with E-state index in [0.29, 0.717) is 37.5 Å². The van der Waals surface area contributed by atoms with E-state index in [2.05, 4.69) is 10.3 Å². The number of rotatable bonds is 7. The summed E-state index contributed by atoms with van der Waals surface area (Å²) in [5.41, 5.74) is 1.99. The summed E-state index contributed by atoms with van der Waals surface area (Å²) < 4.78 is 47.5. The molecule has 5 rings (SSSR count). The lowest BCUT2D eigenvalue weighted by Gasteiger charge is -2.32. The number of fused-ring (bicyclic) bond motifs is 1. The van der Waals surface area contributed by atoms with Gasteiger partial charge in [0.05, 0.1) is 0 Å². The van der Waals surface area contributed by atoms with Gasteiger partial charge >= 0.3 is 6.18 Å². The zero-order chi connectivity index (χ0) is 27.6. The van der Waals surface area contributed by atoms with Crippen LogP contribution in [0.4, 0.5) is 13.2 Å². The lowest BCUT2D eigenvalue weighted by Crippen LogP contribution is -2.46. The molecule has 8 nitrogen and oxygen atoms in total. The molecule has 1 saturated carbocycles. The molecule has 0 spiro atoms. The van der Waals surface area contributed by atoms with E-state index in [1.165, 1.54) is 24.9 Å². The van der Waals surface area contributed by atoms with Gasteiger partial charge in [0, 0.05) is 50.1 Å². The van der Waals surface area contributed by atoms with Gasteiger partial charge in [-0.25, -0.2) is 4.98 Å². The van der Waals surface area contributed by atoms with E-state index in [1.807, 2.05) is 9.58 Å². The Morgan fingerprint density at radius 2 is 1.85 bits per heavy atom. The first kappa shape index (κ1) is 27.5. The van der Waals surface area contributed by atoms with E-state index in [4.69, 9.17) is 9.84 Å². The van der Waals surface area contributed by atoms with E-state index < -0.39 is 11.7 Å². The smallest absolute Gasteiger partial charge is 0.421 e. The van der Waals surface area contributed by atoms with Gasteiger partial charge in [0.2, 0.25) is 11.8 Å². The van der Waals surface area contributed by atoms with Gasteiger partial charge in [-0.15, -0.1) is 0 Å². The third-order valence-corrected chi connectivity index (χ3v) is 8.30. The fraction of sp³-hybridized carbons (Fsp3) is 0.643. The molecule has 39 heavy (non-hydrogen) atoms. The Kier molecular flexibility index (Phi) is 8.13. The maximum absolute atomic E-state index is 13.4. The minimum atomic E-state index is -4.49. The maximum Gasteiger partial charge on any atom is 0.421 e. The van der Waals surface area contributed by atoms with Crippen molar-refractivity contribution in [3.05, 3.63) is 40.8 Å². The van der Waals surface area contributed by atoms with E-state index in [-0.39, 0.29) is 29.8 Å². The van der Waals surface area contributed by atoms with Crippen LogP contribution in [0.2, 0.25) is 0 Å². The number of nitrogens with zero attached hydrogens (tertiary/aromatic N) is 4. The van der Waals surface area contributed by atoms with Gasteiger partial charge in [-0.3, -0.25) is 14.3 Å². The van der Waals surface area contributed by atoms with Gasteiger partial charge in [-0.1, -0.05) is 0 Å². The molecule has 3 aliphatic rings. The van der Waals surface area contributed by atoms with Gasteiger partial charge in [-0.2, -0.15) is 18.3 Å². The summed E-state index contributed by atoms with van der Waals surface area (Å²) in [5.74, 6) is 0.0423. The summed E-state index contributed by atoms with van der Waals surface area (Å²) in [4.78, 5) is 30.4. The SMILES string of the molecule is CC(=O)NC1CCN(C(=O)c2nn(CCC3CCC(Oc4ncccc4C(F)(F)F)CC3)c3c2CCC3)CC1. The number of amides is 2. The third kappa shape index (κ3) is 6.38. The first-order valence-electron chi connectivity index (χ1n) is 14.0. The average molecular weight is 548 g/mol. The molecule has 0 radical (unpaired) electrons. The molecule has 2 fully saturated rings. The molecule has 1 N–H and O–H groups in total. The van der Waals surface area contributed by atoms with Crippen LogP contribution in [0.3, 0.4) is 0 Å². The highest BCUT2D eigenvalue weighted by Crippen LogP contribution is 2.37. The van der Waals surface area contributed by atoms with Crippen LogP contribution in [-0.2, 0) is 30.4 Å². The van der Waals surface area contributed by atoms with Crippen molar-refractivity contribution >= 4 is 11.8 Å². The average Bonchev–Trinajstić information content (AvgIpc) is 3.51. The number of aryl methyl sites for hydroxylation is 1. The normalized spacial score (nSPS) is 22.0. The zero-order valence-corrected chi connectivity index (χ0v) is 22.3. The molecule has 0 unspecified atom stereocenters. The number of likely N-dealkylation sites (tertiary alicyclic amines) is 1. The van der Waals surface area contributed by atoms with Crippen molar-refractivity contribution < 1.29 is 27.5 Å². The molecule has 11 heteroatoms. The molecule has 3 heterocycles. The summed E-state index contributed by atoms with van der Waals surface area (Å²) in [6.45, 7) is 3.47. The van der Waals surface area contributed by atoms with Crippen molar-refractivity contribution in [3.63, 3.8) is 0 Å². The predicted molar refractivity (Wildman–Crippen MR) is 137 cm³/mol. The molecule has 1 aliphatic heterocycles. The van der Waals surface area contributed by atoms with Gasteiger partial charge < -0.3 is 15.0 Å². The quantitative estimate of drug-likeness (QED) is 0.549. The van der Waals surface area contributed by atoms with Crippen molar-refractivity contribution in [1.29, 1.82) is 0 Å². The Balaban J connectivity index is 1.14. The molecule has 2 amide bonds. The minimum Gasteiger partial charge on any atom is -0.474 e. The van der Waals surface area contributed by atoms with Gasteiger partial charge in [0.25, 0.3) is 5.91 Å². The number of alkyl halides is 3. The van der Waals surface area contributed by atoms with Crippen molar-refractivity contribution in [3.8, 4) is 5.88 Å². The largest absolute Gasteiger partial charge is 0.474 e. The monoisotopic (exact) mass is 547 g/mol. The number of nitrogens with one attached hydrogen (secondary N) is 1. The number of pyridine rings is 1. The second-order valence-corrected chi connectivity index (χ2v) is 11.0. The van der Waals surface area contributed by atoms with Crippen LogP contribution in [-0.4, -0.2) is 56.7 Å². The Morgan fingerprint density at radius 3 is 2.54 bits per heavy atom. The molecule has 2 aliphatic carbocycles. The number of carbonyl (C=O) groups excluding carboxylic acids is 2. The highest BCUT2D eigenvalue weighted by atomic mass is 19.4. The van der Waals surface area contributed by atoms with Crippen LogP contribution in [0.15, 0.2) is 18.3 Å². The molecule has 2 aromatic heterocycles. The lowest BCUT2D eigenvalue weighted by molar-refractivity contribution is -0.139. The molecule has 1 saturated heterocycles. The number of aromatic nitrogens is 3. The number of carbonyl (C=O) groups is 2. The fourth-order valence-electron chi connectivity index (χ4n) is 6.23. The number of hydrogen-bond donors (Lipinski definition) is 1. The molecule has 0 bridgehead atoms. The Hall–Kier alpha value is -3.11. The Morgan fingerprint density at radius 1 is 1.10 bits per heavy atom. The Bertz CT molecular complexity index is 1180. The summed E-state index contributed by atoms with van der Waals surface area (Å²) in [6, 6.07) is 2.39. The topological polar surface area (TPSA) is 89.4 Å². The minimum absolute atomic E-state index is 0.0152. The van der Waals surface area contributed by atoms with E-state index in [9.17, 15) is 22.8 Å². The maximum atomic E-state index is 13.4. The summed E-state index contributed by atoms with van der Waals surface area (Å²) >= 11 is 0. The van der Waals surface area contributed by atoms with E-state index in [0.717, 1.165) is 69.5 Å². The van der Waals surface area contributed by atoms with Crippen LogP contribution in [0.25, 0.3) is 0 Å². The van der Waals surface area contributed by atoms with E-state index in [1.54, 1.807) is 0 Å². The van der Waals surface area contributed by atoms with Crippen molar-refractivity contribution in [2.24, 2.45) is 5.92 Å². The molecule has 0 aromatic carbocycles. The number of hydrogen-bond acceptors (Lipinski definition) is 5. The molecular weight excluding hydrogens is 511 g/mol. The number of halogens is 3. The fourth-order valence-corrected chi connectivity index (χ4v) is 6.23. The predicted octanol–water partition coefficient (Wildman–Crippen LogP) is 4.55. The summed E-state index contributed by atoms with van der Waals surface area (Å²) in [7, 11) is 0. The van der Waals surface area contributed by atoms with Crippen LogP contribution in [0.1, 0.15) is 85.6 Å². The standard InChI is InChI=1S/C28H36F3N5O3/c1-18(37)33-20-12-15-35(16-13-20)27(38)25-22-4-2-6-24(22)36(34-25)17-11-19-7-9-21(10-8-19)39-26-23(28(29,30)31)5-3-14-32-26/h3,5,14,19-21H,2,4,6-13,15-17H2,1H3,(H,33,37). The summed E-state index contributed by atoms with van der Waals surface area (Å²) in [6.07, 6.45) is 4.90. The number of piperidine rings is 1. The lowest BCUT2D eigenvalue weighted by atomic mass is 9.85. The number of ether oxygens (including phenoxy) is 1. The highest BCUT2D eigenvalue weighted by molar-refractivity contribution is 5.94. The van der Waals surface area contributed by atoms with Crippen molar-refractivity contribution in [1.82, 2.24) is 25.0 Å². The van der Waals surface area contributed by atoms with Crippen LogP contribution in [0.5, 0.6) is 5.88 Å². The summed E-state index contributed by atoms with van der Waals surface area (Å²) in [5, 5.41) is 7.72. The molecule has 0 atom stereocenters. The third-order valence-electron chi connectivity index (χ3n) is 8.30. The van der Waals surface area contributed by atoms with Gasteiger partial charge in [-0.05, 0) is 82.3 Å². The van der Waals surface area contributed by atoms with Gasteiger partial charge in [0.1, 0.15) is 11.7 Å². The first-order valence-corrected chi connectivity index (χ1v) is 14.0. The first-order chi connectivity index (χ1) is 18.7. The van der Waals surface area contributed by atoms with Gasteiger partial charge in [0.15, 0.2) is 5.69 Å².